The first kappa shape index (κ1) is 14.9. The summed E-state index contributed by atoms with van der Waals surface area (Å²) in [5, 5.41) is 15.2. The van der Waals surface area contributed by atoms with Crippen molar-refractivity contribution >= 4 is 0 Å². The maximum absolute atomic E-state index is 10.5. The first-order chi connectivity index (χ1) is 11.3. The number of fused-ring (bicyclic) bond motifs is 1. The Bertz CT molecular complexity index is 650. The van der Waals surface area contributed by atoms with Crippen molar-refractivity contribution in [2.45, 2.75) is 38.1 Å². The lowest BCUT2D eigenvalue weighted by molar-refractivity contribution is 0.0232. The van der Waals surface area contributed by atoms with Crippen molar-refractivity contribution in [1.29, 1.82) is 0 Å². The van der Waals surface area contributed by atoms with Gasteiger partial charge in [-0.05, 0) is 24.5 Å². The molecule has 4 rings (SSSR count). The van der Waals surface area contributed by atoms with E-state index < -0.39 is 6.10 Å². The van der Waals surface area contributed by atoms with Crippen LogP contribution in [-0.2, 0) is 17.8 Å². The van der Waals surface area contributed by atoms with E-state index in [1.54, 1.807) is 0 Å². The molecule has 1 atom stereocenters. The van der Waals surface area contributed by atoms with Gasteiger partial charge in [-0.3, -0.25) is 9.58 Å². The van der Waals surface area contributed by atoms with Gasteiger partial charge in [-0.25, -0.2) is 0 Å². The van der Waals surface area contributed by atoms with Gasteiger partial charge in [-0.15, -0.1) is 0 Å². The molecule has 23 heavy (non-hydrogen) atoms. The second-order valence-electron chi connectivity index (χ2n) is 6.41. The van der Waals surface area contributed by atoms with Gasteiger partial charge in [-0.1, -0.05) is 30.3 Å². The molecular weight excluding hydrogens is 290 g/mol. The fraction of sp³-hybridized carbons (Fsp3) is 0.500. The van der Waals surface area contributed by atoms with Gasteiger partial charge in [0.05, 0.1) is 17.9 Å². The van der Waals surface area contributed by atoms with Crippen molar-refractivity contribution in [3.8, 4) is 0 Å². The molecule has 1 N–H and O–H groups in total. The van der Waals surface area contributed by atoms with Crippen LogP contribution >= 0.6 is 0 Å². The molecule has 1 fully saturated rings. The molecular formula is C18H23N3O2. The predicted molar refractivity (Wildman–Crippen MR) is 87.0 cm³/mol. The summed E-state index contributed by atoms with van der Waals surface area (Å²) in [6.45, 7) is 4.59. The third kappa shape index (κ3) is 3.04. The summed E-state index contributed by atoms with van der Waals surface area (Å²) >= 11 is 0. The average Bonchev–Trinajstić information content (AvgIpc) is 3.06. The number of aromatic nitrogens is 2. The Morgan fingerprint density at radius 1 is 1.13 bits per heavy atom. The average molecular weight is 313 g/mol. The Kier molecular flexibility index (Phi) is 4.16. The zero-order valence-electron chi connectivity index (χ0n) is 13.3. The van der Waals surface area contributed by atoms with Crippen molar-refractivity contribution in [1.82, 2.24) is 14.7 Å². The molecule has 3 heterocycles. The Balaban J connectivity index is 1.51. The highest BCUT2D eigenvalue weighted by Gasteiger charge is 2.27. The number of nitrogens with zero attached hydrogens (tertiary/aromatic N) is 3. The first-order valence-corrected chi connectivity index (χ1v) is 8.43. The van der Waals surface area contributed by atoms with Crippen molar-refractivity contribution in [3.63, 3.8) is 0 Å². The molecule has 2 aromatic rings. The third-order valence-corrected chi connectivity index (χ3v) is 4.95. The minimum Gasteiger partial charge on any atom is -0.382 e. The highest BCUT2D eigenvalue weighted by molar-refractivity contribution is 5.26. The van der Waals surface area contributed by atoms with Crippen LogP contribution in [0.15, 0.2) is 36.4 Å². The summed E-state index contributed by atoms with van der Waals surface area (Å²) in [5.41, 5.74) is 2.84. The molecule has 0 radical (unpaired) electrons. The Labute approximate surface area is 136 Å². The first-order valence-electron chi connectivity index (χ1n) is 8.43. The molecule has 2 aliphatic rings. The van der Waals surface area contributed by atoms with Gasteiger partial charge in [0.2, 0.25) is 0 Å². The van der Waals surface area contributed by atoms with Crippen molar-refractivity contribution < 1.29 is 9.84 Å². The lowest BCUT2D eigenvalue weighted by Gasteiger charge is -2.36. The van der Waals surface area contributed by atoms with E-state index in [1.807, 2.05) is 30.3 Å². The number of hydrogen-bond acceptors (Lipinski definition) is 4. The molecule has 0 bridgehead atoms. The molecule has 1 aromatic carbocycles. The number of ether oxygens (including phenoxy) is 1. The van der Waals surface area contributed by atoms with Crippen molar-refractivity contribution in [3.05, 3.63) is 53.3 Å². The standard InChI is InChI=1S/C18H23N3O2/c22-18(14-4-2-1-3-5-14)17-12-16-13-20(8-9-21(16)19-17)15-6-10-23-11-7-15/h1-5,12,15,18,22H,6-11,13H2/t18-/m0/s1. The van der Waals surface area contributed by atoms with Crippen LogP contribution in [0.2, 0.25) is 0 Å². The molecule has 0 unspecified atom stereocenters. The van der Waals surface area contributed by atoms with E-state index in [9.17, 15) is 5.11 Å². The van der Waals surface area contributed by atoms with Crippen LogP contribution in [0.3, 0.4) is 0 Å². The normalized spacial score (nSPS) is 21.1. The molecule has 0 aliphatic carbocycles. The largest absolute Gasteiger partial charge is 0.382 e. The van der Waals surface area contributed by atoms with E-state index in [-0.39, 0.29) is 0 Å². The maximum atomic E-state index is 10.5. The lowest BCUT2D eigenvalue weighted by atomic mass is 10.1. The van der Waals surface area contributed by atoms with Crippen LogP contribution in [0.5, 0.6) is 0 Å². The van der Waals surface area contributed by atoms with Gasteiger partial charge >= 0.3 is 0 Å². The van der Waals surface area contributed by atoms with E-state index in [2.05, 4.69) is 20.7 Å². The highest BCUT2D eigenvalue weighted by atomic mass is 16.5. The molecule has 1 saturated heterocycles. The number of aliphatic hydroxyl groups excluding tert-OH is 1. The molecule has 0 spiro atoms. The maximum Gasteiger partial charge on any atom is 0.123 e. The number of aliphatic hydroxyl groups is 1. The van der Waals surface area contributed by atoms with E-state index in [4.69, 9.17) is 4.74 Å². The number of hydrogen-bond donors (Lipinski definition) is 1. The molecule has 2 aliphatic heterocycles. The Hall–Kier alpha value is -1.69. The van der Waals surface area contributed by atoms with Crippen LogP contribution in [0.4, 0.5) is 0 Å². The SMILES string of the molecule is O[C@@H](c1ccccc1)c1cc2n(n1)CCN(C1CCOCC1)C2. The molecule has 122 valence electrons. The third-order valence-electron chi connectivity index (χ3n) is 4.95. The van der Waals surface area contributed by atoms with Gasteiger partial charge in [-0.2, -0.15) is 5.10 Å². The molecule has 1 aromatic heterocycles. The van der Waals surface area contributed by atoms with Gasteiger partial charge in [0.15, 0.2) is 0 Å². The van der Waals surface area contributed by atoms with Crippen molar-refractivity contribution in [2.75, 3.05) is 19.8 Å². The van der Waals surface area contributed by atoms with Gasteiger partial charge in [0.1, 0.15) is 6.10 Å². The fourth-order valence-electron chi connectivity index (χ4n) is 3.61. The van der Waals surface area contributed by atoms with E-state index in [1.165, 1.54) is 5.69 Å². The van der Waals surface area contributed by atoms with Crippen LogP contribution in [0.25, 0.3) is 0 Å². The topological polar surface area (TPSA) is 50.5 Å². The Morgan fingerprint density at radius 2 is 1.91 bits per heavy atom. The van der Waals surface area contributed by atoms with E-state index >= 15 is 0 Å². The van der Waals surface area contributed by atoms with Crippen molar-refractivity contribution in [2.24, 2.45) is 0 Å². The smallest absolute Gasteiger partial charge is 0.123 e. The summed E-state index contributed by atoms with van der Waals surface area (Å²) in [4.78, 5) is 2.54. The summed E-state index contributed by atoms with van der Waals surface area (Å²) in [6.07, 6.45) is 1.59. The number of benzene rings is 1. The van der Waals surface area contributed by atoms with Gasteiger partial charge < -0.3 is 9.84 Å². The minimum atomic E-state index is -0.647. The quantitative estimate of drug-likeness (QED) is 0.941. The summed E-state index contributed by atoms with van der Waals surface area (Å²) < 4.78 is 7.52. The lowest BCUT2D eigenvalue weighted by Crippen LogP contribution is -2.43. The van der Waals surface area contributed by atoms with Crippen LogP contribution < -0.4 is 0 Å². The fourth-order valence-corrected chi connectivity index (χ4v) is 3.61. The minimum absolute atomic E-state index is 0.620. The molecule has 0 amide bonds. The van der Waals surface area contributed by atoms with E-state index in [0.717, 1.165) is 56.9 Å². The monoisotopic (exact) mass is 313 g/mol. The summed E-state index contributed by atoms with van der Waals surface area (Å²) in [5.74, 6) is 0. The number of rotatable bonds is 3. The zero-order chi connectivity index (χ0) is 15.6. The molecule has 5 nitrogen and oxygen atoms in total. The second kappa shape index (κ2) is 6.43. The molecule has 5 heteroatoms. The van der Waals surface area contributed by atoms with Gasteiger partial charge in [0.25, 0.3) is 0 Å². The Morgan fingerprint density at radius 3 is 2.70 bits per heavy atom. The van der Waals surface area contributed by atoms with Crippen LogP contribution in [0, 0.1) is 0 Å². The van der Waals surface area contributed by atoms with Crippen LogP contribution in [0.1, 0.15) is 35.9 Å². The summed E-state index contributed by atoms with van der Waals surface area (Å²) in [6, 6.07) is 12.4. The molecule has 0 saturated carbocycles. The second-order valence-corrected chi connectivity index (χ2v) is 6.41. The van der Waals surface area contributed by atoms with Gasteiger partial charge in [0, 0.05) is 32.3 Å². The summed E-state index contributed by atoms with van der Waals surface area (Å²) in [7, 11) is 0. The van der Waals surface area contributed by atoms with Crippen LogP contribution in [-0.4, -0.2) is 45.6 Å². The zero-order valence-corrected chi connectivity index (χ0v) is 13.3. The van der Waals surface area contributed by atoms with E-state index in [0.29, 0.717) is 6.04 Å². The highest BCUT2D eigenvalue weighted by Crippen LogP contribution is 2.25. The predicted octanol–water partition coefficient (Wildman–Crippen LogP) is 1.96.